The molecular formula is C15H15FN2O. The van der Waals surface area contributed by atoms with Crippen molar-refractivity contribution in [1.29, 1.82) is 0 Å². The van der Waals surface area contributed by atoms with Gasteiger partial charge in [-0.1, -0.05) is 12.1 Å². The van der Waals surface area contributed by atoms with Crippen molar-refractivity contribution in [2.45, 2.75) is 19.6 Å². The molecule has 0 fully saturated rings. The fourth-order valence-electron chi connectivity index (χ4n) is 2.15. The van der Waals surface area contributed by atoms with E-state index in [-0.39, 0.29) is 11.9 Å². The molecule has 2 aromatic rings. The third-order valence-corrected chi connectivity index (χ3v) is 3.12. The predicted molar refractivity (Wildman–Crippen MR) is 71.9 cm³/mol. The molecule has 1 aromatic carbocycles. The topological polar surface area (TPSA) is 26.5 Å². The van der Waals surface area contributed by atoms with Gasteiger partial charge in [0.05, 0.1) is 6.54 Å². The number of ether oxygens (including phenoxy) is 1. The highest BCUT2D eigenvalue weighted by atomic mass is 19.1. The van der Waals surface area contributed by atoms with E-state index in [1.807, 2.05) is 25.3 Å². The maximum Gasteiger partial charge on any atom is 0.233 e. The molecule has 1 atom stereocenters. The van der Waals surface area contributed by atoms with Gasteiger partial charge < -0.3 is 9.30 Å². The van der Waals surface area contributed by atoms with Gasteiger partial charge in [-0.2, -0.15) is 0 Å². The summed E-state index contributed by atoms with van der Waals surface area (Å²) < 4.78 is 20.6. The first-order valence-corrected chi connectivity index (χ1v) is 6.33. The summed E-state index contributed by atoms with van der Waals surface area (Å²) in [4.78, 5) is 4.39. The van der Waals surface area contributed by atoms with Gasteiger partial charge in [0.25, 0.3) is 0 Å². The minimum Gasteiger partial charge on any atom is -0.471 e. The lowest BCUT2D eigenvalue weighted by molar-refractivity contribution is 0.245. The molecule has 0 saturated heterocycles. The van der Waals surface area contributed by atoms with Crippen molar-refractivity contribution in [3.05, 3.63) is 59.7 Å². The van der Waals surface area contributed by atoms with Crippen molar-refractivity contribution >= 4 is 5.90 Å². The van der Waals surface area contributed by atoms with Gasteiger partial charge in [0.1, 0.15) is 17.6 Å². The summed E-state index contributed by atoms with van der Waals surface area (Å²) in [5.74, 6) is 0.480. The van der Waals surface area contributed by atoms with E-state index in [1.165, 1.54) is 12.1 Å². The molecular weight excluding hydrogens is 243 g/mol. The van der Waals surface area contributed by atoms with Crippen molar-refractivity contribution < 1.29 is 9.13 Å². The molecule has 1 aliphatic rings. The minimum atomic E-state index is -0.214. The summed E-state index contributed by atoms with van der Waals surface area (Å²) in [6, 6.07) is 10.5. The molecule has 0 aliphatic carbocycles. The van der Waals surface area contributed by atoms with Crippen molar-refractivity contribution in [3.8, 4) is 0 Å². The number of hydrogen-bond donors (Lipinski definition) is 0. The van der Waals surface area contributed by atoms with Crippen molar-refractivity contribution in [3.63, 3.8) is 0 Å². The summed E-state index contributed by atoms with van der Waals surface area (Å²) in [6.45, 7) is 3.39. The van der Waals surface area contributed by atoms with Crippen molar-refractivity contribution in [2.75, 3.05) is 6.54 Å². The minimum absolute atomic E-state index is 0.143. The molecule has 1 aliphatic heterocycles. The van der Waals surface area contributed by atoms with Gasteiger partial charge in [-0.05, 0) is 36.8 Å². The maximum absolute atomic E-state index is 12.9. The van der Waals surface area contributed by atoms with Crippen LogP contribution in [0.4, 0.5) is 4.39 Å². The highest BCUT2D eigenvalue weighted by Crippen LogP contribution is 2.15. The second kappa shape index (κ2) is 4.88. The summed E-state index contributed by atoms with van der Waals surface area (Å²) in [5.41, 5.74) is 2.01. The maximum atomic E-state index is 12.9. The fraction of sp³-hybridized carbons (Fsp3) is 0.267. The molecule has 0 saturated carbocycles. The number of aliphatic imine (C=N–C) groups is 1. The van der Waals surface area contributed by atoms with Crippen LogP contribution in [0, 0.1) is 5.82 Å². The van der Waals surface area contributed by atoms with Crippen LogP contribution in [-0.4, -0.2) is 23.1 Å². The van der Waals surface area contributed by atoms with Crippen molar-refractivity contribution in [1.82, 2.24) is 4.57 Å². The molecule has 1 unspecified atom stereocenters. The third kappa shape index (κ3) is 2.52. The zero-order valence-corrected chi connectivity index (χ0v) is 10.7. The van der Waals surface area contributed by atoms with Gasteiger partial charge in [-0.25, -0.2) is 9.38 Å². The van der Waals surface area contributed by atoms with Crippen LogP contribution in [0.2, 0.25) is 0 Å². The smallest absolute Gasteiger partial charge is 0.233 e. The molecule has 0 amide bonds. The van der Waals surface area contributed by atoms with E-state index in [0.29, 0.717) is 19.0 Å². The summed E-state index contributed by atoms with van der Waals surface area (Å²) in [5, 5.41) is 0. The van der Waals surface area contributed by atoms with E-state index >= 15 is 0 Å². The molecule has 0 radical (unpaired) electrons. The van der Waals surface area contributed by atoms with E-state index in [1.54, 1.807) is 12.1 Å². The van der Waals surface area contributed by atoms with Gasteiger partial charge >= 0.3 is 0 Å². The Kier molecular flexibility index (Phi) is 3.07. The molecule has 2 heterocycles. The van der Waals surface area contributed by atoms with Crippen LogP contribution in [0.5, 0.6) is 0 Å². The Morgan fingerprint density at radius 2 is 2.11 bits per heavy atom. The Labute approximate surface area is 111 Å². The van der Waals surface area contributed by atoms with Crippen molar-refractivity contribution in [2.24, 2.45) is 4.99 Å². The van der Waals surface area contributed by atoms with Crippen LogP contribution in [-0.2, 0) is 11.3 Å². The third-order valence-electron chi connectivity index (χ3n) is 3.12. The van der Waals surface area contributed by atoms with E-state index in [9.17, 15) is 4.39 Å². The molecule has 4 heteroatoms. The second-order valence-electron chi connectivity index (χ2n) is 4.72. The van der Waals surface area contributed by atoms with Crippen LogP contribution in [0.15, 0.2) is 47.6 Å². The number of hydrogen-bond acceptors (Lipinski definition) is 2. The Balaban J connectivity index is 1.82. The van der Waals surface area contributed by atoms with Gasteiger partial charge in [-0.3, -0.25) is 0 Å². The lowest BCUT2D eigenvalue weighted by Gasteiger charge is -2.10. The molecule has 0 spiro atoms. The average molecular weight is 258 g/mol. The number of benzene rings is 1. The molecule has 3 rings (SSSR count). The van der Waals surface area contributed by atoms with Gasteiger partial charge in [0, 0.05) is 12.7 Å². The fourth-order valence-corrected chi connectivity index (χ4v) is 2.15. The van der Waals surface area contributed by atoms with E-state index in [4.69, 9.17) is 4.74 Å². The summed E-state index contributed by atoms with van der Waals surface area (Å²) >= 11 is 0. The highest BCUT2D eigenvalue weighted by molar-refractivity contribution is 5.93. The van der Waals surface area contributed by atoms with Crippen LogP contribution in [0.1, 0.15) is 18.2 Å². The van der Waals surface area contributed by atoms with Crippen LogP contribution < -0.4 is 0 Å². The highest BCUT2D eigenvalue weighted by Gasteiger charge is 2.19. The predicted octanol–water partition coefficient (Wildman–Crippen LogP) is 2.84. The molecule has 0 N–H and O–H groups in total. The SMILES string of the molecule is CC1CN=C(c2cccn2Cc2ccc(F)cc2)O1. The largest absolute Gasteiger partial charge is 0.471 e. The first-order valence-electron chi connectivity index (χ1n) is 6.33. The molecule has 1 aromatic heterocycles. The van der Waals surface area contributed by atoms with Crippen LogP contribution in [0.3, 0.4) is 0 Å². The summed E-state index contributed by atoms with van der Waals surface area (Å²) in [7, 11) is 0. The van der Waals surface area contributed by atoms with E-state index < -0.39 is 0 Å². The number of halogens is 1. The Morgan fingerprint density at radius 3 is 2.79 bits per heavy atom. The van der Waals surface area contributed by atoms with Gasteiger partial charge in [-0.15, -0.1) is 0 Å². The monoisotopic (exact) mass is 258 g/mol. The average Bonchev–Trinajstić information content (AvgIpc) is 3.01. The molecule has 0 bridgehead atoms. The Hall–Kier alpha value is -2.10. The zero-order chi connectivity index (χ0) is 13.2. The molecule has 98 valence electrons. The lowest BCUT2D eigenvalue weighted by Crippen LogP contribution is -2.13. The number of aromatic nitrogens is 1. The number of nitrogens with zero attached hydrogens (tertiary/aromatic N) is 2. The standard InChI is InChI=1S/C15H15FN2O/c1-11-9-17-15(19-11)14-3-2-8-18(14)10-12-4-6-13(16)7-5-12/h2-8,11H,9-10H2,1H3. The van der Waals surface area contributed by atoms with E-state index in [2.05, 4.69) is 9.56 Å². The molecule has 3 nitrogen and oxygen atoms in total. The summed E-state index contributed by atoms with van der Waals surface area (Å²) in [6.07, 6.45) is 2.12. The zero-order valence-electron chi connectivity index (χ0n) is 10.7. The quantitative estimate of drug-likeness (QED) is 0.831. The number of rotatable bonds is 3. The Bertz CT molecular complexity index is 601. The lowest BCUT2D eigenvalue weighted by atomic mass is 10.2. The van der Waals surface area contributed by atoms with Gasteiger partial charge in [0.15, 0.2) is 0 Å². The van der Waals surface area contributed by atoms with Gasteiger partial charge in [0.2, 0.25) is 5.90 Å². The first kappa shape index (κ1) is 12.0. The first-order chi connectivity index (χ1) is 9.22. The van der Waals surface area contributed by atoms with Crippen LogP contribution >= 0.6 is 0 Å². The normalized spacial score (nSPS) is 18.2. The van der Waals surface area contributed by atoms with E-state index in [0.717, 1.165) is 11.3 Å². The van der Waals surface area contributed by atoms with Crippen LogP contribution in [0.25, 0.3) is 0 Å². The Morgan fingerprint density at radius 1 is 1.32 bits per heavy atom. The second-order valence-corrected chi connectivity index (χ2v) is 4.72. The molecule has 19 heavy (non-hydrogen) atoms.